The zero-order chi connectivity index (χ0) is 13.9. The van der Waals surface area contributed by atoms with Crippen LogP contribution >= 0.6 is 0 Å². The van der Waals surface area contributed by atoms with Crippen LogP contribution in [0.25, 0.3) is 0 Å². The number of para-hydroxylation sites is 1. The van der Waals surface area contributed by atoms with Crippen LogP contribution < -0.4 is 4.90 Å². The van der Waals surface area contributed by atoms with E-state index in [1.54, 1.807) is 44.0 Å². The van der Waals surface area contributed by atoms with Crippen LogP contribution in [0.2, 0.25) is 0 Å². The number of anilines is 1. The Labute approximate surface area is 105 Å². The maximum Gasteiger partial charge on any atom is 0.308 e. The SMILES string of the molecule is Cc1cccc(N(C)CC(C)C(=O)O)c1[N+](=O)[O-]. The Morgan fingerprint density at radius 3 is 2.67 bits per heavy atom. The molecular weight excluding hydrogens is 236 g/mol. The van der Waals surface area contributed by atoms with Gasteiger partial charge < -0.3 is 10.0 Å². The highest BCUT2D eigenvalue weighted by molar-refractivity contribution is 5.72. The Kier molecular flexibility index (Phi) is 4.25. The molecule has 0 aliphatic carbocycles. The lowest BCUT2D eigenvalue weighted by Crippen LogP contribution is -2.28. The number of carbonyl (C=O) groups is 1. The Morgan fingerprint density at radius 2 is 2.17 bits per heavy atom. The lowest BCUT2D eigenvalue weighted by atomic mass is 10.1. The average Bonchev–Trinajstić information content (AvgIpc) is 2.27. The monoisotopic (exact) mass is 252 g/mol. The van der Waals surface area contributed by atoms with E-state index >= 15 is 0 Å². The van der Waals surface area contributed by atoms with Crippen molar-refractivity contribution in [2.45, 2.75) is 13.8 Å². The molecule has 1 atom stereocenters. The van der Waals surface area contributed by atoms with Gasteiger partial charge in [-0.25, -0.2) is 0 Å². The van der Waals surface area contributed by atoms with Gasteiger partial charge in [-0.2, -0.15) is 0 Å². The van der Waals surface area contributed by atoms with Crippen LogP contribution in [0.5, 0.6) is 0 Å². The fourth-order valence-corrected chi connectivity index (χ4v) is 1.78. The first-order valence-corrected chi connectivity index (χ1v) is 5.52. The second-order valence-electron chi connectivity index (χ2n) is 4.32. The van der Waals surface area contributed by atoms with Crippen LogP contribution in [0, 0.1) is 23.0 Å². The van der Waals surface area contributed by atoms with Crippen LogP contribution in [0.1, 0.15) is 12.5 Å². The molecule has 98 valence electrons. The average molecular weight is 252 g/mol. The number of carboxylic acids is 1. The number of hydrogen-bond acceptors (Lipinski definition) is 4. The highest BCUT2D eigenvalue weighted by Crippen LogP contribution is 2.30. The van der Waals surface area contributed by atoms with E-state index in [4.69, 9.17) is 5.11 Å². The number of rotatable bonds is 5. The van der Waals surface area contributed by atoms with E-state index in [-0.39, 0.29) is 12.2 Å². The highest BCUT2D eigenvalue weighted by Gasteiger charge is 2.22. The smallest absolute Gasteiger partial charge is 0.308 e. The van der Waals surface area contributed by atoms with E-state index in [9.17, 15) is 14.9 Å². The number of nitro groups is 1. The minimum Gasteiger partial charge on any atom is -0.481 e. The summed E-state index contributed by atoms with van der Waals surface area (Å²) >= 11 is 0. The number of hydrogen-bond donors (Lipinski definition) is 1. The maximum absolute atomic E-state index is 11.0. The van der Waals surface area contributed by atoms with Gasteiger partial charge in [-0.1, -0.05) is 19.1 Å². The fraction of sp³-hybridized carbons (Fsp3) is 0.417. The summed E-state index contributed by atoms with van der Waals surface area (Å²) < 4.78 is 0. The van der Waals surface area contributed by atoms with Crippen molar-refractivity contribution in [1.29, 1.82) is 0 Å². The summed E-state index contributed by atoms with van der Waals surface area (Å²) in [6.07, 6.45) is 0. The lowest BCUT2D eigenvalue weighted by Gasteiger charge is -2.21. The normalized spacial score (nSPS) is 11.9. The third-order valence-electron chi connectivity index (χ3n) is 2.78. The third-order valence-corrected chi connectivity index (χ3v) is 2.78. The summed E-state index contributed by atoms with van der Waals surface area (Å²) in [5, 5.41) is 19.9. The zero-order valence-corrected chi connectivity index (χ0v) is 10.6. The molecule has 0 saturated carbocycles. The van der Waals surface area contributed by atoms with Gasteiger partial charge in [0, 0.05) is 19.2 Å². The van der Waals surface area contributed by atoms with Gasteiger partial charge in [-0.3, -0.25) is 14.9 Å². The van der Waals surface area contributed by atoms with Gasteiger partial charge in [0.15, 0.2) is 0 Å². The third kappa shape index (κ3) is 2.97. The van der Waals surface area contributed by atoms with Crippen molar-refractivity contribution in [3.05, 3.63) is 33.9 Å². The summed E-state index contributed by atoms with van der Waals surface area (Å²) in [7, 11) is 1.65. The van der Waals surface area contributed by atoms with E-state index in [1.165, 1.54) is 0 Å². The van der Waals surface area contributed by atoms with Gasteiger partial charge in [-0.05, 0) is 13.0 Å². The van der Waals surface area contributed by atoms with Gasteiger partial charge in [0.05, 0.1) is 10.8 Å². The van der Waals surface area contributed by atoms with Crippen LogP contribution in [-0.2, 0) is 4.79 Å². The highest BCUT2D eigenvalue weighted by atomic mass is 16.6. The molecule has 0 amide bonds. The second kappa shape index (κ2) is 5.48. The molecule has 0 saturated heterocycles. The van der Waals surface area contributed by atoms with E-state index < -0.39 is 16.8 Å². The molecule has 1 aromatic carbocycles. The van der Waals surface area contributed by atoms with Gasteiger partial charge in [0.1, 0.15) is 5.69 Å². The van der Waals surface area contributed by atoms with Crippen molar-refractivity contribution in [2.75, 3.05) is 18.5 Å². The van der Waals surface area contributed by atoms with Gasteiger partial charge >= 0.3 is 5.97 Å². The van der Waals surface area contributed by atoms with Gasteiger partial charge in [0.25, 0.3) is 5.69 Å². The largest absolute Gasteiger partial charge is 0.481 e. The predicted octanol–water partition coefficient (Wildman–Crippen LogP) is 2.06. The molecule has 0 heterocycles. The van der Waals surface area contributed by atoms with Gasteiger partial charge in [0.2, 0.25) is 0 Å². The molecule has 6 nitrogen and oxygen atoms in total. The predicted molar refractivity (Wildman–Crippen MR) is 67.9 cm³/mol. The number of aliphatic carboxylic acids is 1. The lowest BCUT2D eigenvalue weighted by molar-refractivity contribution is -0.384. The van der Waals surface area contributed by atoms with Crippen LogP contribution in [0.15, 0.2) is 18.2 Å². The molecule has 0 radical (unpaired) electrons. The molecular formula is C12H16N2O4. The van der Waals surface area contributed by atoms with Crippen molar-refractivity contribution in [2.24, 2.45) is 5.92 Å². The quantitative estimate of drug-likeness (QED) is 0.640. The van der Waals surface area contributed by atoms with E-state index in [1.807, 2.05) is 0 Å². The van der Waals surface area contributed by atoms with Crippen molar-refractivity contribution in [3.63, 3.8) is 0 Å². The molecule has 1 unspecified atom stereocenters. The molecule has 0 aliphatic rings. The standard InChI is InChI=1S/C12H16N2O4/c1-8-5-4-6-10(11(8)14(17)18)13(3)7-9(2)12(15)16/h4-6,9H,7H2,1-3H3,(H,15,16). The molecule has 0 aromatic heterocycles. The summed E-state index contributed by atoms with van der Waals surface area (Å²) in [5.41, 5.74) is 1.03. The first-order chi connectivity index (χ1) is 8.34. The molecule has 1 N–H and O–H groups in total. The molecule has 0 bridgehead atoms. The summed E-state index contributed by atoms with van der Waals surface area (Å²) in [5.74, 6) is -1.51. The van der Waals surface area contributed by atoms with E-state index in [0.717, 1.165) is 0 Å². The minimum absolute atomic E-state index is 0.0255. The summed E-state index contributed by atoms with van der Waals surface area (Å²) in [6, 6.07) is 5.01. The molecule has 0 aliphatic heterocycles. The van der Waals surface area contributed by atoms with Crippen LogP contribution in [-0.4, -0.2) is 29.6 Å². The number of aryl methyl sites for hydroxylation is 1. The van der Waals surface area contributed by atoms with Crippen molar-refractivity contribution >= 4 is 17.3 Å². The molecule has 6 heteroatoms. The van der Waals surface area contributed by atoms with Crippen LogP contribution in [0.3, 0.4) is 0 Å². The first-order valence-electron chi connectivity index (χ1n) is 5.52. The first kappa shape index (κ1) is 14.0. The summed E-state index contributed by atoms with van der Waals surface area (Å²) in [6.45, 7) is 3.45. The maximum atomic E-state index is 11.0. The minimum atomic E-state index is -0.919. The number of carboxylic acid groups (broad SMARTS) is 1. The molecule has 1 aromatic rings. The Bertz CT molecular complexity index is 473. The topological polar surface area (TPSA) is 83.7 Å². The van der Waals surface area contributed by atoms with Gasteiger partial charge in [-0.15, -0.1) is 0 Å². The molecule has 0 fully saturated rings. The number of nitro benzene ring substituents is 1. The van der Waals surface area contributed by atoms with Crippen molar-refractivity contribution in [3.8, 4) is 0 Å². The van der Waals surface area contributed by atoms with Crippen molar-refractivity contribution < 1.29 is 14.8 Å². The Morgan fingerprint density at radius 1 is 1.56 bits per heavy atom. The molecule has 0 spiro atoms. The molecule has 18 heavy (non-hydrogen) atoms. The van der Waals surface area contributed by atoms with Crippen LogP contribution in [0.4, 0.5) is 11.4 Å². The molecule has 1 rings (SSSR count). The van der Waals surface area contributed by atoms with E-state index in [0.29, 0.717) is 11.3 Å². The van der Waals surface area contributed by atoms with Crippen molar-refractivity contribution in [1.82, 2.24) is 0 Å². The summed E-state index contributed by atoms with van der Waals surface area (Å²) in [4.78, 5) is 23.0. The zero-order valence-electron chi connectivity index (χ0n) is 10.6. The number of nitrogens with zero attached hydrogens (tertiary/aromatic N) is 2. The fourth-order valence-electron chi connectivity index (χ4n) is 1.78. The Hall–Kier alpha value is -2.11. The van der Waals surface area contributed by atoms with E-state index in [2.05, 4.69) is 0 Å². The number of benzene rings is 1. The second-order valence-corrected chi connectivity index (χ2v) is 4.32. The Balaban J connectivity index is 3.06.